The minimum absolute atomic E-state index is 0.126. The van der Waals surface area contributed by atoms with E-state index >= 15 is 0 Å². The lowest BCUT2D eigenvalue weighted by molar-refractivity contribution is -0.140. The van der Waals surface area contributed by atoms with Gasteiger partial charge in [0.2, 0.25) is 5.91 Å². The van der Waals surface area contributed by atoms with E-state index in [1.807, 2.05) is 0 Å². The molecule has 1 fully saturated rings. The van der Waals surface area contributed by atoms with Gasteiger partial charge in [-0.2, -0.15) is 0 Å². The Morgan fingerprint density at radius 2 is 2.12 bits per heavy atom. The van der Waals surface area contributed by atoms with Crippen LogP contribution >= 0.6 is 11.8 Å². The van der Waals surface area contributed by atoms with Gasteiger partial charge in [0.05, 0.1) is 12.4 Å². The lowest BCUT2D eigenvalue weighted by Gasteiger charge is -2.21. The Balaban J connectivity index is 2.47. The van der Waals surface area contributed by atoms with Gasteiger partial charge in [0.1, 0.15) is 6.04 Å². The van der Waals surface area contributed by atoms with Gasteiger partial charge in [-0.1, -0.05) is 0 Å². The number of carboxylic acids is 1. The van der Waals surface area contributed by atoms with Crippen molar-refractivity contribution in [2.75, 3.05) is 32.3 Å². The second kappa shape index (κ2) is 5.76. The van der Waals surface area contributed by atoms with Crippen LogP contribution in [0.15, 0.2) is 0 Å². The van der Waals surface area contributed by atoms with Crippen molar-refractivity contribution in [2.24, 2.45) is 0 Å². The summed E-state index contributed by atoms with van der Waals surface area (Å²) in [5.41, 5.74) is 0. The summed E-state index contributed by atoms with van der Waals surface area (Å²) in [5.74, 6) is -0.551. The number of likely N-dealkylation sites (N-methyl/N-ethyl adjacent to an activating group) is 1. The predicted octanol–water partition coefficient (Wildman–Crippen LogP) is -0.756. The maximum Gasteiger partial charge on any atom is 0.327 e. The summed E-state index contributed by atoms with van der Waals surface area (Å²) in [4.78, 5) is 36.3. The zero-order chi connectivity index (χ0) is 13.0. The van der Waals surface area contributed by atoms with Gasteiger partial charge in [-0.3, -0.25) is 4.79 Å². The molecule has 0 unspecified atom stereocenters. The van der Waals surface area contributed by atoms with Gasteiger partial charge in [0.15, 0.2) is 0 Å². The van der Waals surface area contributed by atoms with Crippen molar-refractivity contribution in [2.45, 2.75) is 6.04 Å². The highest BCUT2D eigenvalue weighted by Gasteiger charge is 2.34. The molecule has 0 bridgehead atoms. The predicted molar refractivity (Wildman–Crippen MR) is 62.7 cm³/mol. The van der Waals surface area contributed by atoms with Gasteiger partial charge in [-0.05, 0) is 0 Å². The maximum absolute atomic E-state index is 11.7. The van der Waals surface area contributed by atoms with Crippen LogP contribution in [0.25, 0.3) is 0 Å². The van der Waals surface area contributed by atoms with Gasteiger partial charge in [0.25, 0.3) is 0 Å². The Bertz CT molecular complexity index is 334. The molecule has 0 aromatic heterocycles. The number of carbonyl (C=O) groups excluding carboxylic acids is 2. The molecule has 1 aliphatic rings. The first kappa shape index (κ1) is 13.6. The smallest absolute Gasteiger partial charge is 0.327 e. The summed E-state index contributed by atoms with van der Waals surface area (Å²) in [5, 5.41) is 11.3. The fourth-order valence-corrected chi connectivity index (χ4v) is 2.40. The third-order valence-corrected chi connectivity index (χ3v) is 3.33. The Morgan fingerprint density at radius 1 is 1.47 bits per heavy atom. The van der Waals surface area contributed by atoms with Crippen molar-refractivity contribution in [1.82, 2.24) is 15.1 Å². The molecule has 1 aliphatic heterocycles. The quantitative estimate of drug-likeness (QED) is 0.697. The van der Waals surface area contributed by atoms with Crippen LogP contribution in [0.2, 0.25) is 0 Å². The van der Waals surface area contributed by atoms with E-state index in [1.165, 1.54) is 21.6 Å². The lowest BCUT2D eigenvalue weighted by atomic mass is 10.3. The second-order valence-electron chi connectivity index (χ2n) is 3.77. The molecule has 3 amide bonds. The highest BCUT2D eigenvalue weighted by Crippen LogP contribution is 2.20. The number of urea groups is 1. The van der Waals surface area contributed by atoms with Crippen LogP contribution in [0.5, 0.6) is 0 Å². The van der Waals surface area contributed by atoms with Gasteiger partial charge >= 0.3 is 12.0 Å². The van der Waals surface area contributed by atoms with Crippen LogP contribution in [0, 0.1) is 0 Å². The minimum Gasteiger partial charge on any atom is -0.480 e. The molecule has 1 heterocycles. The number of amides is 3. The van der Waals surface area contributed by atoms with E-state index in [4.69, 9.17) is 5.11 Å². The summed E-state index contributed by atoms with van der Waals surface area (Å²) >= 11 is 1.38. The maximum atomic E-state index is 11.7. The highest BCUT2D eigenvalue weighted by atomic mass is 32.2. The molecule has 96 valence electrons. The number of nitrogens with zero attached hydrogens (tertiary/aromatic N) is 2. The Kier molecular flexibility index (Phi) is 4.62. The molecule has 0 aromatic rings. The number of nitrogens with one attached hydrogen (secondary N) is 1. The number of hydrogen-bond acceptors (Lipinski definition) is 4. The van der Waals surface area contributed by atoms with Crippen LogP contribution in [0.4, 0.5) is 4.79 Å². The number of carboxylic acid groups (broad SMARTS) is 1. The number of thioether (sulfide) groups is 1. The first-order chi connectivity index (χ1) is 7.93. The third kappa shape index (κ3) is 3.52. The standard InChI is InChI=1S/C9H15N3O4S/c1-11(2)7(13)3-10-9(16)12-5-17-4-6(12)8(14)15/h6H,3-5H2,1-2H3,(H,10,16)(H,14,15)/t6-/m0/s1. The third-order valence-electron chi connectivity index (χ3n) is 2.32. The number of carbonyl (C=O) groups is 3. The normalized spacial score (nSPS) is 18.9. The molecule has 17 heavy (non-hydrogen) atoms. The van der Waals surface area contributed by atoms with E-state index in [0.29, 0.717) is 11.6 Å². The molecular formula is C9H15N3O4S. The van der Waals surface area contributed by atoms with Gasteiger partial charge in [0, 0.05) is 19.8 Å². The first-order valence-corrected chi connectivity index (χ1v) is 6.14. The summed E-state index contributed by atoms with van der Waals surface area (Å²) < 4.78 is 0. The van der Waals surface area contributed by atoms with Crippen molar-refractivity contribution in [3.63, 3.8) is 0 Å². The van der Waals surface area contributed by atoms with Crippen molar-refractivity contribution in [1.29, 1.82) is 0 Å². The molecule has 0 spiro atoms. The molecule has 8 heteroatoms. The highest BCUT2D eigenvalue weighted by molar-refractivity contribution is 7.99. The largest absolute Gasteiger partial charge is 0.480 e. The Labute approximate surface area is 103 Å². The van der Waals surface area contributed by atoms with Crippen molar-refractivity contribution in [3.05, 3.63) is 0 Å². The number of aliphatic carboxylic acids is 1. The first-order valence-electron chi connectivity index (χ1n) is 4.98. The average Bonchev–Trinajstić information content (AvgIpc) is 2.73. The second-order valence-corrected chi connectivity index (χ2v) is 4.77. The number of hydrogen-bond donors (Lipinski definition) is 2. The van der Waals surface area contributed by atoms with Crippen LogP contribution in [-0.2, 0) is 9.59 Å². The van der Waals surface area contributed by atoms with Crippen molar-refractivity contribution in [3.8, 4) is 0 Å². The SMILES string of the molecule is CN(C)C(=O)CNC(=O)N1CSC[C@H]1C(=O)O. The van der Waals surface area contributed by atoms with E-state index in [-0.39, 0.29) is 12.5 Å². The molecule has 1 rings (SSSR count). The topological polar surface area (TPSA) is 90.0 Å². The monoisotopic (exact) mass is 261 g/mol. The molecule has 0 aliphatic carbocycles. The van der Waals surface area contributed by atoms with E-state index in [2.05, 4.69) is 5.32 Å². The Morgan fingerprint density at radius 3 is 2.65 bits per heavy atom. The summed E-state index contributed by atoms with van der Waals surface area (Å²) in [6.45, 7) is -0.126. The molecule has 2 N–H and O–H groups in total. The van der Waals surface area contributed by atoms with Gasteiger partial charge in [-0.25, -0.2) is 9.59 Å². The molecule has 0 saturated carbocycles. The van der Waals surface area contributed by atoms with Crippen LogP contribution < -0.4 is 5.32 Å². The molecule has 1 atom stereocenters. The zero-order valence-electron chi connectivity index (χ0n) is 9.67. The summed E-state index contributed by atoms with van der Waals surface area (Å²) in [7, 11) is 3.17. The minimum atomic E-state index is -1.02. The molecule has 1 saturated heterocycles. The lowest BCUT2D eigenvalue weighted by Crippen LogP contribution is -2.49. The molecule has 0 radical (unpaired) electrons. The number of rotatable bonds is 3. The summed E-state index contributed by atoms with van der Waals surface area (Å²) in [6, 6.07) is -1.33. The zero-order valence-corrected chi connectivity index (χ0v) is 10.5. The van der Waals surface area contributed by atoms with E-state index in [9.17, 15) is 14.4 Å². The molecule has 0 aromatic carbocycles. The molecular weight excluding hydrogens is 246 g/mol. The van der Waals surface area contributed by atoms with Crippen LogP contribution in [-0.4, -0.2) is 71.1 Å². The van der Waals surface area contributed by atoms with Gasteiger partial charge in [-0.15, -0.1) is 11.8 Å². The van der Waals surface area contributed by atoms with E-state index in [0.717, 1.165) is 0 Å². The van der Waals surface area contributed by atoms with Crippen molar-refractivity contribution < 1.29 is 19.5 Å². The fraction of sp³-hybridized carbons (Fsp3) is 0.667. The van der Waals surface area contributed by atoms with Crippen LogP contribution in [0.3, 0.4) is 0 Å². The van der Waals surface area contributed by atoms with E-state index < -0.39 is 18.0 Å². The van der Waals surface area contributed by atoms with Crippen molar-refractivity contribution >= 4 is 29.7 Å². The van der Waals surface area contributed by atoms with Gasteiger partial charge < -0.3 is 20.2 Å². The fourth-order valence-electron chi connectivity index (χ4n) is 1.26. The van der Waals surface area contributed by atoms with E-state index in [1.54, 1.807) is 14.1 Å². The molecule has 7 nitrogen and oxygen atoms in total. The average molecular weight is 261 g/mol. The van der Waals surface area contributed by atoms with Crippen LogP contribution in [0.1, 0.15) is 0 Å². The summed E-state index contributed by atoms with van der Waals surface area (Å²) in [6.07, 6.45) is 0. The Hall–Kier alpha value is -1.44.